The van der Waals surface area contributed by atoms with E-state index in [2.05, 4.69) is 16.0 Å². The zero-order valence-corrected chi connectivity index (χ0v) is 12.4. The van der Waals surface area contributed by atoms with E-state index in [1.165, 1.54) is 6.92 Å². The summed E-state index contributed by atoms with van der Waals surface area (Å²) in [5.74, 6) is 0.586. The minimum atomic E-state index is -0.103. The summed E-state index contributed by atoms with van der Waals surface area (Å²) >= 11 is 0. The smallest absolute Gasteiger partial charge is 0.222 e. The standard InChI is InChI=1S/C16H19N3O3/c1-12(20)19-14-6-4-13(5-7-14)17-9-8-16(21)18-11-15-3-2-10-22-15/h2-7,10,17H,8-9,11H2,1H3,(H,18,21)(H,19,20). The van der Waals surface area contributed by atoms with Crippen molar-refractivity contribution in [2.75, 3.05) is 17.2 Å². The normalized spacial score (nSPS) is 10.0. The number of carbonyl (C=O) groups excluding carboxylic acids is 2. The second kappa shape index (κ2) is 7.87. The number of rotatable bonds is 7. The summed E-state index contributed by atoms with van der Waals surface area (Å²) in [5, 5.41) is 8.63. The lowest BCUT2D eigenvalue weighted by atomic mass is 10.2. The van der Waals surface area contributed by atoms with Crippen LogP contribution in [0, 0.1) is 0 Å². The van der Waals surface area contributed by atoms with Crippen molar-refractivity contribution in [1.82, 2.24) is 5.32 Å². The van der Waals surface area contributed by atoms with E-state index in [1.807, 2.05) is 18.2 Å². The third kappa shape index (κ3) is 5.32. The molecule has 3 N–H and O–H groups in total. The van der Waals surface area contributed by atoms with Crippen molar-refractivity contribution in [2.45, 2.75) is 19.9 Å². The second-order valence-electron chi connectivity index (χ2n) is 4.79. The molecule has 0 bridgehead atoms. The van der Waals surface area contributed by atoms with E-state index in [9.17, 15) is 9.59 Å². The fourth-order valence-corrected chi connectivity index (χ4v) is 1.88. The third-order valence-corrected chi connectivity index (χ3v) is 2.93. The van der Waals surface area contributed by atoms with Gasteiger partial charge in [0.2, 0.25) is 11.8 Å². The van der Waals surface area contributed by atoms with Crippen LogP contribution in [0.3, 0.4) is 0 Å². The van der Waals surface area contributed by atoms with E-state index < -0.39 is 0 Å². The molecule has 6 heteroatoms. The zero-order chi connectivity index (χ0) is 15.8. The fourth-order valence-electron chi connectivity index (χ4n) is 1.88. The van der Waals surface area contributed by atoms with Crippen molar-refractivity contribution in [1.29, 1.82) is 0 Å². The van der Waals surface area contributed by atoms with E-state index in [-0.39, 0.29) is 11.8 Å². The second-order valence-corrected chi connectivity index (χ2v) is 4.79. The number of nitrogens with one attached hydrogen (secondary N) is 3. The maximum atomic E-state index is 11.7. The van der Waals surface area contributed by atoms with Crippen molar-refractivity contribution < 1.29 is 14.0 Å². The van der Waals surface area contributed by atoms with Crippen LogP contribution in [0.2, 0.25) is 0 Å². The largest absolute Gasteiger partial charge is 0.467 e. The van der Waals surface area contributed by atoms with E-state index >= 15 is 0 Å². The molecule has 0 aliphatic heterocycles. The monoisotopic (exact) mass is 301 g/mol. The zero-order valence-electron chi connectivity index (χ0n) is 12.4. The Balaban J connectivity index is 1.67. The van der Waals surface area contributed by atoms with Crippen LogP contribution in [0.15, 0.2) is 47.1 Å². The van der Waals surface area contributed by atoms with Gasteiger partial charge in [-0.2, -0.15) is 0 Å². The first-order valence-electron chi connectivity index (χ1n) is 7.04. The molecule has 1 heterocycles. The van der Waals surface area contributed by atoms with Crippen LogP contribution >= 0.6 is 0 Å². The summed E-state index contributed by atoms with van der Waals surface area (Å²) in [6.07, 6.45) is 1.95. The van der Waals surface area contributed by atoms with Crippen molar-refractivity contribution in [3.8, 4) is 0 Å². The van der Waals surface area contributed by atoms with Gasteiger partial charge in [0.1, 0.15) is 5.76 Å². The Hall–Kier alpha value is -2.76. The Morgan fingerprint density at radius 1 is 1.09 bits per heavy atom. The lowest BCUT2D eigenvalue weighted by Gasteiger charge is -2.08. The quantitative estimate of drug-likeness (QED) is 0.733. The van der Waals surface area contributed by atoms with Crippen molar-refractivity contribution >= 4 is 23.2 Å². The summed E-state index contributed by atoms with van der Waals surface area (Å²) in [6, 6.07) is 10.9. The number of carbonyl (C=O) groups is 2. The predicted molar refractivity (Wildman–Crippen MR) is 84.4 cm³/mol. The molecule has 6 nitrogen and oxygen atoms in total. The molecular weight excluding hydrogens is 282 g/mol. The SMILES string of the molecule is CC(=O)Nc1ccc(NCCC(=O)NCc2ccco2)cc1. The van der Waals surface area contributed by atoms with Gasteiger partial charge in [-0.05, 0) is 36.4 Å². The van der Waals surface area contributed by atoms with E-state index in [0.29, 0.717) is 19.5 Å². The van der Waals surface area contributed by atoms with Gasteiger partial charge in [-0.3, -0.25) is 9.59 Å². The number of benzene rings is 1. The fraction of sp³-hybridized carbons (Fsp3) is 0.250. The Morgan fingerprint density at radius 3 is 2.45 bits per heavy atom. The molecule has 2 aromatic rings. The highest BCUT2D eigenvalue weighted by molar-refractivity contribution is 5.88. The molecule has 22 heavy (non-hydrogen) atoms. The molecule has 1 aromatic heterocycles. The van der Waals surface area contributed by atoms with Gasteiger partial charge >= 0.3 is 0 Å². The molecule has 0 radical (unpaired) electrons. The molecule has 0 atom stereocenters. The Kier molecular flexibility index (Phi) is 5.59. The molecule has 2 rings (SSSR count). The van der Waals surface area contributed by atoms with Crippen LogP contribution in [-0.2, 0) is 16.1 Å². The average molecular weight is 301 g/mol. The minimum absolute atomic E-state index is 0.0428. The molecule has 2 amide bonds. The van der Waals surface area contributed by atoms with Crippen LogP contribution in [0.1, 0.15) is 19.1 Å². The van der Waals surface area contributed by atoms with Gasteiger partial charge in [-0.1, -0.05) is 0 Å². The van der Waals surface area contributed by atoms with Gasteiger partial charge in [-0.15, -0.1) is 0 Å². The van der Waals surface area contributed by atoms with Gasteiger partial charge in [0.15, 0.2) is 0 Å². The predicted octanol–water partition coefficient (Wildman–Crippen LogP) is 2.36. The maximum Gasteiger partial charge on any atom is 0.222 e. The van der Waals surface area contributed by atoms with Crippen molar-refractivity contribution in [2.24, 2.45) is 0 Å². The molecule has 0 aliphatic rings. The van der Waals surface area contributed by atoms with Gasteiger partial charge in [0, 0.05) is 31.3 Å². The highest BCUT2D eigenvalue weighted by atomic mass is 16.3. The van der Waals surface area contributed by atoms with Gasteiger partial charge in [-0.25, -0.2) is 0 Å². The number of hydrogen-bond donors (Lipinski definition) is 3. The molecule has 0 fully saturated rings. The number of anilines is 2. The number of hydrogen-bond acceptors (Lipinski definition) is 4. The molecule has 0 spiro atoms. The van der Waals surface area contributed by atoms with Crippen LogP contribution in [0.4, 0.5) is 11.4 Å². The van der Waals surface area contributed by atoms with E-state index in [0.717, 1.165) is 17.1 Å². The van der Waals surface area contributed by atoms with Gasteiger partial charge < -0.3 is 20.4 Å². The highest BCUT2D eigenvalue weighted by Gasteiger charge is 2.03. The summed E-state index contributed by atoms with van der Waals surface area (Å²) in [7, 11) is 0. The third-order valence-electron chi connectivity index (χ3n) is 2.93. The number of amides is 2. The van der Waals surface area contributed by atoms with E-state index in [1.54, 1.807) is 24.5 Å². The Bertz CT molecular complexity index is 606. The van der Waals surface area contributed by atoms with Crippen molar-refractivity contribution in [3.63, 3.8) is 0 Å². The first-order chi connectivity index (χ1) is 10.6. The number of furan rings is 1. The van der Waals surface area contributed by atoms with Crippen LogP contribution < -0.4 is 16.0 Å². The van der Waals surface area contributed by atoms with E-state index in [4.69, 9.17) is 4.42 Å². The van der Waals surface area contributed by atoms with Crippen molar-refractivity contribution in [3.05, 3.63) is 48.4 Å². The Labute approximate surface area is 128 Å². The first-order valence-corrected chi connectivity index (χ1v) is 7.04. The van der Waals surface area contributed by atoms with Crippen LogP contribution in [0.25, 0.3) is 0 Å². The maximum absolute atomic E-state index is 11.7. The van der Waals surface area contributed by atoms with Crippen LogP contribution in [-0.4, -0.2) is 18.4 Å². The molecule has 116 valence electrons. The molecule has 1 aromatic carbocycles. The van der Waals surface area contributed by atoms with Gasteiger partial charge in [0.25, 0.3) is 0 Å². The highest BCUT2D eigenvalue weighted by Crippen LogP contribution is 2.13. The molecule has 0 aliphatic carbocycles. The summed E-state index contributed by atoms with van der Waals surface area (Å²) in [5.41, 5.74) is 1.64. The topological polar surface area (TPSA) is 83.4 Å². The summed E-state index contributed by atoms with van der Waals surface area (Å²) in [6.45, 7) is 2.40. The molecule has 0 unspecified atom stereocenters. The summed E-state index contributed by atoms with van der Waals surface area (Å²) < 4.78 is 5.14. The lowest BCUT2D eigenvalue weighted by Crippen LogP contribution is -2.24. The average Bonchev–Trinajstić information content (AvgIpc) is 3.00. The summed E-state index contributed by atoms with van der Waals surface area (Å²) in [4.78, 5) is 22.6. The van der Waals surface area contributed by atoms with Gasteiger partial charge in [0.05, 0.1) is 12.8 Å². The minimum Gasteiger partial charge on any atom is -0.467 e. The molecular formula is C16H19N3O3. The molecule has 0 saturated carbocycles. The molecule has 0 saturated heterocycles. The Morgan fingerprint density at radius 2 is 1.82 bits per heavy atom. The lowest BCUT2D eigenvalue weighted by molar-refractivity contribution is -0.121. The van der Waals surface area contributed by atoms with Crippen LogP contribution in [0.5, 0.6) is 0 Å². The first kappa shape index (κ1) is 15.6.